The van der Waals surface area contributed by atoms with Gasteiger partial charge in [-0.2, -0.15) is 0 Å². The summed E-state index contributed by atoms with van der Waals surface area (Å²) in [7, 11) is 0. The topological polar surface area (TPSA) is 29.1 Å². The molecule has 0 aromatic heterocycles. The largest absolute Gasteiger partial charge is 0.346 e. The number of hydrogen-bond donors (Lipinski definition) is 1. The Kier molecular flexibility index (Phi) is 4.61. The number of amides is 1. The summed E-state index contributed by atoms with van der Waals surface area (Å²) in [5.74, 6) is -0.536. The molecular weight excluding hydrogens is 309 g/mol. The average molecular weight is 328 g/mol. The monoisotopic (exact) mass is 327 g/mol. The highest BCUT2D eigenvalue weighted by molar-refractivity contribution is 9.09. The minimum atomic E-state index is -0.360. The lowest BCUT2D eigenvalue weighted by atomic mass is 9.83. The van der Waals surface area contributed by atoms with Crippen molar-refractivity contribution in [1.82, 2.24) is 5.32 Å². The van der Waals surface area contributed by atoms with Gasteiger partial charge in [0.2, 0.25) is 0 Å². The number of halogens is 2. The van der Waals surface area contributed by atoms with Gasteiger partial charge in [0.25, 0.3) is 5.91 Å². The summed E-state index contributed by atoms with van der Waals surface area (Å²) in [5, 5.41) is 3.85. The van der Waals surface area contributed by atoms with E-state index in [0.29, 0.717) is 5.56 Å². The zero-order valence-electron chi connectivity index (χ0n) is 11.1. The molecule has 2 nitrogen and oxygen atoms in total. The van der Waals surface area contributed by atoms with Crippen LogP contribution in [-0.2, 0) is 0 Å². The lowest BCUT2D eigenvalue weighted by Gasteiger charge is -2.36. The van der Waals surface area contributed by atoms with E-state index in [0.717, 1.165) is 36.6 Å². The van der Waals surface area contributed by atoms with Crippen molar-refractivity contribution in [3.8, 4) is 0 Å². The van der Waals surface area contributed by atoms with Crippen LogP contribution in [0.5, 0.6) is 0 Å². The molecule has 19 heavy (non-hydrogen) atoms. The molecule has 1 N–H and O–H groups in total. The molecule has 0 radical (unpaired) electrons. The zero-order valence-corrected chi connectivity index (χ0v) is 12.7. The number of benzene rings is 1. The van der Waals surface area contributed by atoms with Crippen LogP contribution in [0.2, 0.25) is 0 Å². The molecule has 0 aliphatic heterocycles. The maximum absolute atomic E-state index is 13.4. The van der Waals surface area contributed by atoms with Gasteiger partial charge in [0.1, 0.15) is 5.82 Å². The molecule has 0 atom stereocenters. The van der Waals surface area contributed by atoms with Crippen molar-refractivity contribution in [1.29, 1.82) is 0 Å². The molecule has 0 spiro atoms. The maximum Gasteiger partial charge on any atom is 0.251 e. The van der Waals surface area contributed by atoms with Gasteiger partial charge in [-0.15, -0.1) is 0 Å². The Balaban J connectivity index is 2.15. The van der Waals surface area contributed by atoms with E-state index in [2.05, 4.69) is 21.2 Å². The van der Waals surface area contributed by atoms with Crippen LogP contribution < -0.4 is 5.32 Å². The maximum atomic E-state index is 13.4. The summed E-state index contributed by atoms with van der Waals surface area (Å²) < 4.78 is 13.4. The fourth-order valence-electron chi connectivity index (χ4n) is 2.70. The van der Waals surface area contributed by atoms with Crippen molar-refractivity contribution in [2.24, 2.45) is 0 Å². The second-order valence-electron chi connectivity index (χ2n) is 5.45. The van der Waals surface area contributed by atoms with Crippen LogP contribution in [0.25, 0.3) is 0 Å². The lowest BCUT2D eigenvalue weighted by Crippen LogP contribution is -2.51. The smallest absolute Gasteiger partial charge is 0.251 e. The first-order chi connectivity index (χ1) is 9.04. The van der Waals surface area contributed by atoms with Crippen LogP contribution in [0.4, 0.5) is 4.39 Å². The number of hydrogen-bond acceptors (Lipinski definition) is 1. The molecule has 0 unspecified atom stereocenters. The molecule has 1 aromatic rings. The average Bonchev–Trinajstić information content (AvgIpc) is 2.38. The van der Waals surface area contributed by atoms with Crippen molar-refractivity contribution in [3.05, 3.63) is 35.1 Å². The Bertz CT molecular complexity index is 449. The Labute approximate surface area is 121 Å². The van der Waals surface area contributed by atoms with Gasteiger partial charge in [0.15, 0.2) is 0 Å². The highest BCUT2D eigenvalue weighted by atomic mass is 79.9. The van der Waals surface area contributed by atoms with Crippen LogP contribution in [0, 0.1) is 12.7 Å². The Morgan fingerprint density at radius 3 is 2.58 bits per heavy atom. The van der Waals surface area contributed by atoms with E-state index in [9.17, 15) is 9.18 Å². The molecule has 1 fully saturated rings. The normalized spacial score (nSPS) is 18.1. The summed E-state index contributed by atoms with van der Waals surface area (Å²) in [6.07, 6.45) is 5.46. The quantitative estimate of drug-likeness (QED) is 0.836. The van der Waals surface area contributed by atoms with Gasteiger partial charge < -0.3 is 5.32 Å². The molecule has 1 aromatic carbocycles. The standard InChI is InChI=1S/C15H19BrFNO/c1-11-7-12(9-13(17)8-11)14(19)18-15(10-16)5-3-2-4-6-15/h7-9H,2-6,10H2,1H3,(H,18,19). The van der Waals surface area contributed by atoms with Crippen LogP contribution in [-0.4, -0.2) is 16.8 Å². The number of aryl methyl sites for hydroxylation is 1. The molecule has 0 bridgehead atoms. The molecule has 2 rings (SSSR count). The third kappa shape index (κ3) is 3.56. The van der Waals surface area contributed by atoms with Crippen molar-refractivity contribution in [2.75, 3.05) is 5.33 Å². The van der Waals surface area contributed by atoms with E-state index >= 15 is 0 Å². The molecule has 1 aliphatic rings. The minimum absolute atomic E-state index is 0.171. The summed E-state index contributed by atoms with van der Waals surface area (Å²) >= 11 is 3.51. The lowest BCUT2D eigenvalue weighted by molar-refractivity contribution is 0.0886. The van der Waals surface area contributed by atoms with Crippen molar-refractivity contribution < 1.29 is 9.18 Å². The number of carbonyl (C=O) groups excluding carboxylic acids is 1. The summed E-state index contributed by atoms with van der Waals surface area (Å²) in [5.41, 5.74) is 1.00. The van der Waals surface area contributed by atoms with Gasteiger partial charge in [0.05, 0.1) is 5.54 Å². The first-order valence-corrected chi connectivity index (χ1v) is 7.82. The van der Waals surface area contributed by atoms with E-state index < -0.39 is 0 Å². The molecule has 1 aliphatic carbocycles. The fraction of sp³-hybridized carbons (Fsp3) is 0.533. The fourth-order valence-corrected chi connectivity index (χ4v) is 3.40. The minimum Gasteiger partial charge on any atom is -0.346 e. The summed E-state index contributed by atoms with van der Waals surface area (Å²) in [6.45, 7) is 1.79. The van der Waals surface area contributed by atoms with E-state index in [1.54, 1.807) is 13.0 Å². The molecule has 1 amide bonds. The van der Waals surface area contributed by atoms with Gasteiger partial charge in [0, 0.05) is 10.9 Å². The SMILES string of the molecule is Cc1cc(F)cc(C(=O)NC2(CBr)CCCCC2)c1. The van der Waals surface area contributed by atoms with Crippen LogP contribution in [0.15, 0.2) is 18.2 Å². The summed E-state index contributed by atoms with van der Waals surface area (Å²) in [6, 6.07) is 4.45. The van der Waals surface area contributed by atoms with Crippen LogP contribution in [0.1, 0.15) is 48.0 Å². The summed E-state index contributed by atoms with van der Waals surface area (Å²) in [4.78, 5) is 12.3. The molecule has 4 heteroatoms. The second-order valence-corrected chi connectivity index (χ2v) is 6.01. The van der Waals surface area contributed by atoms with Crippen molar-refractivity contribution in [2.45, 2.75) is 44.6 Å². The third-order valence-electron chi connectivity index (χ3n) is 3.75. The Hall–Kier alpha value is -0.900. The first-order valence-electron chi connectivity index (χ1n) is 6.70. The van der Waals surface area contributed by atoms with Crippen molar-refractivity contribution in [3.63, 3.8) is 0 Å². The Morgan fingerprint density at radius 2 is 2.00 bits per heavy atom. The van der Waals surface area contributed by atoms with Gasteiger partial charge in [-0.1, -0.05) is 35.2 Å². The van der Waals surface area contributed by atoms with Gasteiger partial charge >= 0.3 is 0 Å². The van der Waals surface area contributed by atoms with E-state index in [4.69, 9.17) is 0 Å². The van der Waals surface area contributed by atoms with E-state index in [1.165, 1.54) is 18.6 Å². The third-order valence-corrected chi connectivity index (χ3v) is 4.82. The Morgan fingerprint density at radius 1 is 1.32 bits per heavy atom. The van der Waals surface area contributed by atoms with Gasteiger partial charge in [-0.05, 0) is 43.5 Å². The highest BCUT2D eigenvalue weighted by Crippen LogP contribution is 2.30. The van der Waals surface area contributed by atoms with Crippen molar-refractivity contribution >= 4 is 21.8 Å². The molecule has 104 valence electrons. The number of alkyl halides is 1. The number of rotatable bonds is 3. The first kappa shape index (κ1) is 14.5. The number of nitrogens with one attached hydrogen (secondary N) is 1. The molecule has 0 saturated heterocycles. The second kappa shape index (κ2) is 6.04. The predicted octanol–water partition coefficient (Wildman–Crippen LogP) is 3.96. The molecule has 1 saturated carbocycles. The zero-order chi connectivity index (χ0) is 13.9. The van der Waals surface area contributed by atoms with E-state index in [1.807, 2.05) is 0 Å². The van der Waals surface area contributed by atoms with Gasteiger partial charge in [-0.3, -0.25) is 4.79 Å². The van der Waals surface area contributed by atoms with E-state index in [-0.39, 0.29) is 17.3 Å². The predicted molar refractivity (Wildman–Crippen MR) is 78.2 cm³/mol. The van der Waals surface area contributed by atoms with Crippen LogP contribution >= 0.6 is 15.9 Å². The molecule has 0 heterocycles. The van der Waals surface area contributed by atoms with Crippen LogP contribution in [0.3, 0.4) is 0 Å². The number of carbonyl (C=O) groups is 1. The highest BCUT2D eigenvalue weighted by Gasteiger charge is 2.32. The molecular formula is C15H19BrFNO. The van der Waals surface area contributed by atoms with Gasteiger partial charge in [-0.25, -0.2) is 4.39 Å².